The number of nitrogens with one attached hydrogen (secondary N) is 3. The lowest BCUT2D eigenvalue weighted by Crippen LogP contribution is -2.41. The minimum Gasteiger partial charge on any atom is -0.462 e. The Kier molecular flexibility index (Phi) is 10.8. The van der Waals surface area contributed by atoms with Gasteiger partial charge in [0.25, 0.3) is 0 Å². The Morgan fingerprint density at radius 1 is 1.07 bits per heavy atom. The van der Waals surface area contributed by atoms with E-state index < -0.39 is 0 Å². The fourth-order valence-electron chi connectivity index (χ4n) is 2.33. The van der Waals surface area contributed by atoms with Crippen molar-refractivity contribution in [1.82, 2.24) is 16.0 Å². The molecule has 1 saturated carbocycles. The average Bonchev–Trinajstić information content (AvgIpc) is 3.49. The lowest BCUT2D eigenvalue weighted by molar-refractivity contribution is -0.122. The highest BCUT2D eigenvalue weighted by Crippen LogP contribution is 2.28. The second kappa shape index (κ2) is 12.5. The molecule has 0 aliphatic heterocycles. The van der Waals surface area contributed by atoms with Gasteiger partial charge < -0.3 is 20.7 Å². The van der Waals surface area contributed by atoms with Gasteiger partial charge in [-0.1, -0.05) is 12.1 Å². The molecule has 0 bridgehead atoms. The van der Waals surface area contributed by atoms with Crippen LogP contribution in [-0.2, 0) is 16.1 Å². The number of esters is 1. The van der Waals surface area contributed by atoms with Crippen LogP contribution in [-0.4, -0.2) is 44.1 Å². The van der Waals surface area contributed by atoms with Crippen LogP contribution in [0, 0.1) is 5.92 Å². The van der Waals surface area contributed by atoms with Crippen molar-refractivity contribution >= 4 is 41.8 Å². The van der Waals surface area contributed by atoms with Gasteiger partial charge in [0.1, 0.15) is 0 Å². The average molecular weight is 488 g/mol. The summed E-state index contributed by atoms with van der Waals surface area (Å²) < 4.78 is 4.97. The molecule has 1 fully saturated rings. The number of hydrogen-bond acceptors (Lipinski definition) is 4. The summed E-state index contributed by atoms with van der Waals surface area (Å²) in [5, 5.41) is 9.29. The van der Waals surface area contributed by atoms with Crippen molar-refractivity contribution < 1.29 is 14.3 Å². The maximum atomic E-state index is 11.6. The summed E-state index contributed by atoms with van der Waals surface area (Å²) in [5.74, 6) is 0.762. The predicted molar refractivity (Wildman–Crippen MR) is 116 cm³/mol. The molecule has 0 spiro atoms. The molecule has 0 aromatic heterocycles. The molecule has 2 rings (SSSR count). The van der Waals surface area contributed by atoms with E-state index >= 15 is 0 Å². The standard InChI is InChI=1S/C19H28N4O3.HI/c1-3-20-19(22-12-11-21-17(24)15-9-10-15)23-13-14-5-7-16(8-6-14)18(25)26-4-2;/h5-8,15H,3-4,9-13H2,1-2H3,(H,21,24)(H2,20,22,23);1H. The first kappa shape index (κ1) is 23.2. The minimum atomic E-state index is -0.314. The first-order chi connectivity index (χ1) is 12.6. The maximum Gasteiger partial charge on any atom is 0.338 e. The lowest BCUT2D eigenvalue weighted by atomic mass is 10.1. The Morgan fingerprint density at radius 2 is 1.74 bits per heavy atom. The van der Waals surface area contributed by atoms with Gasteiger partial charge in [0.05, 0.1) is 18.7 Å². The van der Waals surface area contributed by atoms with Gasteiger partial charge in [-0.05, 0) is 44.4 Å². The number of ether oxygens (including phenoxy) is 1. The summed E-state index contributed by atoms with van der Waals surface area (Å²) in [4.78, 5) is 27.8. The number of amides is 1. The van der Waals surface area contributed by atoms with Crippen LogP contribution < -0.4 is 16.0 Å². The van der Waals surface area contributed by atoms with Gasteiger partial charge in [-0.2, -0.15) is 0 Å². The van der Waals surface area contributed by atoms with Crippen molar-refractivity contribution in [2.24, 2.45) is 10.9 Å². The van der Waals surface area contributed by atoms with Gasteiger partial charge in [-0.25, -0.2) is 9.79 Å². The minimum absolute atomic E-state index is 0. The summed E-state index contributed by atoms with van der Waals surface area (Å²) in [6, 6.07) is 7.23. The number of halogens is 1. The van der Waals surface area contributed by atoms with E-state index in [4.69, 9.17) is 4.74 Å². The molecule has 150 valence electrons. The van der Waals surface area contributed by atoms with Gasteiger partial charge in [-0.15, -0.1) is 24.0 Å². The van der Waals surface area contributed by atoms with Gasteiger partial charge in [0.15, 0.2) is 5.96 Å². The van der Waals surface area contributed by atoms with Crippen LogP contribution >= 0.6 is 24.0 Å². The number of hydrogen-bond donors (Lipinski definition) is 3. The Balaban J connectivity index is 0.00000364. The van der Waals surface area contributed by atoms with E-state index in [1.165, 1.54) is 0 Å². The molecule has 8 heteroatoms. The highest BCUT2D eigenvalue weighted by atomic mass is 127. The normalized spacial score (nSPS) is 13.3. The van der Waals surface area contributed by atoms with Crippen molar-refractivity contribution in [2.45, 2.75) is 33.2 Å². The SMILES string of the molecule is CCNC(=NCc1ccc(C(=O)OCC)cc1)NCCNC(=O)C1CC1.I. The zero-order valence-corrected chi connectivity index (χ0v) is 18.2. The van der Waals surface area contributed by atoms with E-state index in [0.717, 1.165) is 24.9 Å². The first-order valence-corrected chi connectivity index (χ1v) is 9.20. The maximum absolute atomic E-state index is 11.6. The molecule has 1 amide bonds. The Labute approximate surface area is 177 Å². The Morgan fingerprint density at radius 3 is 2.33 bits per heavy atom. The van der Waals surface area contributed by atoms with Crippen LogP contribution in [0.3, 0.4) is 0 Å². The van der Waals surface area contributed by atoms with Crippen molar-refractivity contribution in [1.29, 1.82) is 0 Å². The van der Waals surface area contributed by atoms with Crippen LogP contribution in [0.4, 0.5) is 0 Å². The topological polar surface area (TPSA) is 91.8 Å². The third-order valence-electron chi connectivity index (χ3n) is 3.89. The van der Waals surface area contributed by atoms with Crippen molar-refractivity contribution in [3.63, 3.8) is 0 Å². The van der Waals surface area contributed by atoms with Crippen molar-refractivity contribution in [3.05, 3.63) is 35.4 Å². The van der Waals surface area contributed by atoms with Gasteiger partial charge in [0.2, 0.25) is 5.91 Å². The molecule has 3 N–H and O–H groups in total. The monoisotopic (exact) mass is 488 g/mol. The molecular weight excluding hydrogens is 459 g/mol. The Hall–Kier alpha value is -1.84. The molecule has 0 radical (unpaired) electrons. The van der Waals surface area contributed by atoms with E-state index in [-0.39, 0.29) is 41.8 Å². The highest BCUT2D eigenvalue weighted by Gasteiger charge is 2.28. The van der Waals surface area contributed by atoms with Crippen LogP contribution in [0.2, 0.25) is 0 Å². The van der Waals surface area contributed by atoms with Gasteiger partial charge in [-0.3, -0.25) is 4.79 Å². The summed E-state index contributed by atoms with van der Waals surface area (Å²) in [5.41, 5.74) is 1.54. The molecule has 1 aromatic rings. The zero-order valence-electron chi connectivity index (χ0n) is 15.9. The van der Waals surface area contributed by atoms with E-state index in [2.05, 4.69) is 20.9 Å². The van der Waals surface area contributed by atoms with Gasteiger partial charge in [0, 0.05) is 25.6 Å². The summed E-state index contributed by atoms with van der Waals surface area (Å²) in [6.45, 7) is 6.59. The fourth-order valence-corrected chi connectivity index (χ4v) is 2.33. The summed E-state index contributed by atoms with van der Waals surface area (Å²) >= 11 is 0. The molecule has 1 aliphatic rings. The number of guanidine groups is 1. The molecule has 0 heterocycles. The van der Waals surface area contributed by atoms with Crippen LogP contribution in [0.5, 0.6) is 0 Å². The number of nitrogens with zero attached hydrogens (tertiary/aromatic N) is 1. The summed E-state index contributed by atoms with van der Waals surface area (Å²) in [7, 11) is 0. The number of rotatable bonds is 9. The van der Waals surface area contributed by atoms with Crippen LogP contribution in [0.1, 0.15) is 42.6 Å². The Bertz CT molecular complexity index is 630. The van der Waals surface area contributed by atoms with Crippen molar-refractivity contribution in [3.8, 4) is 0 Å². The first-order valence-electron chi connectivity index (χ1n) is 9.20. The molecule has 0 atom stereocenters. The molecule has 0 unspecified atom stereocenters. The second-order valence-corrected chi connectivity index (χ2v) is 6.10. The van der Waals surface area contributed by atoms with Crippen molar-refractivity contribution in [2.75, 3.05) is 26.2 Å². The third kappa shape index (κ3) is 8.59. The van der Waals surface area contributed by atoms with E-state index in [1.807, 2.05) is 19.1 Å². The van der Waals surface area contributed by atoms with E-state index in [9.17, 15) is 9.59 Å². The smallest absolute Gasteiger partial charge is 0.338 e. The van der Waals surface area contributed by atoms with E-state index in [0.29, 0.717) is 37.8 Å². The number of carbonyl (C=O) groups excluding carboxylic acids is 2. The number of benzene rings is 1. The van der Waals surface area contributed by atoms with Crippen LogP contribution in [0.25, 0.3) is 0 Å². The highest BCUT2D eigenvalue weighted by molar-refractivity contribution is 14.0. The summed E-state index contributed by atoms with van der Waals surface area (Å²) in [6.07, 6.45) is 2.02. The third-order valence-corrected chi connectivity index (χ3v) is 3.89. The molecule has 1 aliphatic carbocycles. The molecule has 7 nitrogen and oxygen atoms in total. The number of carbonyl (C=O) groups is 2. The second-order valence-electron chi connectivity index (χ2n) is 6.10. The molecular formula is C19H29IN4O3. The fraction of sp³-hybridized carbons (Fsp3) is 0.526. The zero-order chi connectivity index (χ0) is 18.8. The largest absolute Gasteiger partial charge is 0.462 e. The lowest BCUT2D eigenvalue weighted by Gasteiger charge is -2.12. The number of aliphatic imine (C=N–C) groups is 1. The molecule has 0 saturated heterocycles. The van der Waals surface area contributed by atoms with E-state index in [1.54, 1.807) is 19.1 Å². The quantitative estimate of drug-likeness (QED) is 0.163. The van der Waals surface area contributed by atoms with Crippen LogP contribution in [0.15, 0.2) is 29.3 Å². The molecule has 27 heavy (non-hydrogen) atoms. The predicted octanol–water partition coefficient (Wildman–Crippen LogP) is 2.06. The van der Waals surface area contributed by atoms with Gasteiger partial charge >= 0.3 is 5.97 Å². The molecule has 1 aromatic carbocycles.